The summed E-state index contributed by atoms with van der Waals surface area (Å²) in [6.45, 7) is 0. The number of aromatic nitrogens is 1. The third-order valence-corrected chi connectivity index (χ3v) is 3.57. The molecule has 0 unspecified atom stereocenters. The lowest BCUT2D eigenvalue weighted by Gasteiger charge is -2.09. The molecular weight excluding hydrogens is 329 g/mol. The van der Waals surface area contributed by atoms with Crippen molar-refractivity contribution in [1.29, 1.82) is 0 Å². The number of para-hydroxylation sites is 1. The van der Waals surface area contributed by atoms with Gasteiger partial charge in [-0.15, -0.1) is 0 Å². The molecule has 0 fully saturated rings. The first-order valence-electron chi connectivity index (χ1n) is 7.15. The molecule has 0 radical (unpaired) electrons. The average Bonchev–Trinajstić information content (AvgIpc) is 2.57. The molecule has 3 rings (SSSR count). The van der Waals surface area contributed by atoms with Gasteiger partial charge in [-0.3, -0.25) is 9.78 Å². The molecule has 120 valence electrons. The van der Waals surface area contributed by atoms with E-state index in [1.54, 1.807) is 48.7 Å². The fourth-order valence-corrected chi connectivity index (χ4v) is 2.31. The van der Waals surface area contributed by atoms with E-state index >= 15 is 0 Å². The van der Waals surface area contributed by atoms with Crippen molar-refractivity contribution in [1.82, 2.24) is 4.98 Å². The van der Waals surface area contributed by atoms with Crippen LogP contribution in [-0.2, 0) is 0 Å². The molecule has 0 bridgehead atoms. The predicted molar refractivity (Wildman–Crippen MR) is 93.3 cm³/mol. The summed E-state index contributed by atoms with van der Waals surface area (Å²) in [7, 11) is 0. The Morgan fingerprint density at radius 2 is 1.83 bits per heavy atom. The molecule has 0 spiro atoms. The van der Waals surface area contributed by atoms with Crippen molar-refractivity contribution < 1.29 is 9.18 Å². The Labute approximate surface area is 143 Å². The van der Waals surface area contributed by atoms with Crippen LogP contribution in [0, 0.1) is 5.82 Å². The second-order valence-electron chi connectivity index (χ2n) is 5.03. The SMILES string of the molecule is O=C(Nc1ccccc1Cl)c1cncc(Nc2cccc(F)c2)c1. The first-order chi connectivity index (χ1) is 11.6. The maximum Gasteiger partial charge on any atom is 0.257 e. The number of benzene rings is 2. The molecule has 0 aliphatic heterocycles. The molecule has 0 saturated carbocycles. The van der Waals surface area contributed by atoms with Crippen molar-refractivity contribution >= 4 is 34.6 Å². The number of amides is 1. The molecule has 24 heavy (non-hydrogen) atoms. The Bertz CT molecular complexity index is 885. The van der Waals surface area contributed by atoms with Gasteiger partial charge >= 0.3 is 0 Å². The number of anilines is 3. The molecular formula is C18H13ClFN3O. The van der Waals surface area contributed by atoms with Gasteiger partial charge in [-0.1, -0.05) is 29.8 Å². The van der Waals surface area contributed by atoms with Crippen LogP contribution in [0.3, 0.4) is 0 Å². The number of nitrogens with zero attached hydrogens (tertiary/aromatic N) is 1. The van der Waals surface area contributed by atoms with Gasteiger partial charge in [-0.25, -0.2) is 4.39 Å². The summed E-state index contributed by atoms with van der Waals surface area (Å²) in [5.41, 5.74) is 2.02. The first-order valence-corrected chi connectivity index (χ1v) is 7.53. The van der Waals surface area contributed by atoms with E-state index in [-0.39, 0.29) is 11.7 Å². The number of halogens is 2. The van der Waals surface area contributed by atoms with Gasteiger partial charge in [-0.2, -0.15) is 0 Å². The summed E-state index contributed by atoms with van der Waals surface area (Å²) in [6, 6.07) is 14.6. The molecule has 0 atom stereocenters. The van der Waals surface area contributed by atoms with Gasteiger partial charge in [0, 0.05) is 11.9 Å². The highest BCUT2D eigenvalue weighted by molar-refractivity contribution is 6.33. The van der Waals surface area contributed by atoms with E-state index in [9.17, 15) is 9.18 Å². The zero-order valence-corrected chi connectivity index (χ0v) is 13.2. The zero-order chi connectivity index (χ0) is 16.9. The lowest BCUT2D eigenvalue weighted by molar-refractivity contribution is 0.102. The molecule has 0 aliphatic carbocycles. The van der Waals surface area contributed by atoms with Gasteiger partial charge in [-0.05, 0) is 36.4 Å². The predicted octanol–water partition coefficient (Wildman–Crippen LogP) is 4.87. The van der Waals surface area contributed by atoms with E-state index in [0.29, 0.717) is 27.6 Å². The number of carbonyl (C=O) groups excluding carboxylic acids is 1. The number of hydrogen-bond donors (Lipinski definition) is 2. The van der Waals surface area contributed by atoms with Crippen LogP contribution < -0.4 is 10.6 Å². The summed E-state index contributed by atoms with van der Waals surface area (Å²) in [6.07, 6.45) is 3.00. The normalized spacial score (nSPS) is 10.2. The molecule has 1 amide bonds. The highest BCUT2D eigenvalue weighted by Crippen LogP contribution is 2.22. The maximum atomic E-state index is 13.2. The van der Waals surface area contributed by atoms with Crippen LogP contribution in [0.25, 0.3) is 0 Å². The second kappa shape index (κ2) is 7.10. The minimum Gasteiger partial charge on any atom is -0.354 e. The highest BCUT2D eigenvalue weighted by Gasteiger charge is 2.09. The molecule has 3 aromatic rings. The average molecular weight is 342 g/mol. The Morgan fingerprint density at radius 1 is 1.00 bits per heavy atom. The molecule has 4 nitrogen and oxygen atoms in total. The molecule has 6 heteroatoms. The Morgan fingerprint density at radius 3 is 2.62 bits per heavy atom. The minimum atomic E-state index is -0.347. The van der Waals surface area contributed by atoms with Crippen LogP contribution in [0.1, 0.15) is 10.4 Å². The van der Waals surface area contributed by atoms with E-state index in [4.69, 9.17) is 11.6 Å². The molecule has 1 aromatic heterocycles. The minimum absolute atomic E-state index is 0.335. The molecule has 2 aromatic carbocycles. The summed E-state index contributed by atoms with van der Waals surface area (Å²) in [5.74, 6) is -0.681. The van der Waals surface area contributed by atoms with Crippen LogP contribution in [0.15, 0.2) is 67.0 Å². The lowest BCUT2D eigenvalue weighted by atomic mass is 10.2. The fraction of sp³-hybridized carbons (Fsp3) is 0. The van der Waals surface area contributed by atoms with Gasteiger partial charge in [0.15, 0.2) is 0 Å². The molecule has 2 N–H and O–H groups in total. The van der Waals surface area contributed by atoms with Crippen molar-refractivity contribution in [3.8, 4) is 0 Å². The van der Waals surface area contributed by atoms with Crippen LogP contribution in [0.5, 0.6) is 0 Å². The van der Waals surface area contributed by atoms with E-state index in [2.05, 4.69) is 15.6 Å². The number of pyridine rings is 1. The largest absolute Gasteiger partial charge is 0.354 e. The smallest absolute Gasteiger partial charge is 0.257 e. The Kier molecular flexibility index (Phi) is 4.72. The van der Waals surface area contributed by atoms with Crippen molar-refractivity contribution in [2.24, 2.45) is 0 Å². The van der Waals surface area contributed by atoms with Crippen LogP contribution in [0.2, 0.25) is 5.02 Å². The third kappa shape index (κ3) is 3.88. The summed E-state index contributed by atoms with van der Waals surface area (Å²) >= 11 is 6.03. The summed E-state index contributed by atoms with van der Waals surface area (Å²) in [5, 5.41) is 6.19. The van der Waals surface area contributed by atoms with Crippen molar-refractivity contribution in [2.45, 2.75) is 0 Å². The number of hydrogen-bond acceptors (Lipinski definition) is 3. The lowest BCUT2D eigenvalue weighted by Crippen LogP contribution is -2.12. The second-order valence-corrected chi connectivity index (χ2v) is 5.44. The van der Waals surface area contributed by atoms with E-state index in [0.717, 1.165) is 0 Å². The van der Waals surface area contributed by atoms with Gasteiger partial charge in [0.1, 0.15) is 5.82 Å². The Balaban J connectivity index is 1.77. The van der Waals surface area contributed by atoms with E-state index < -0.39 is 0 Å². The molecule has 0 aliphatic rings. The van der Waals surface area contributed by atoms with Crippen molar-refractivity contribution in [3.63, 3.8) is 0 Å². The van der Waals surface area contributed by atoms with Crippen molar-refractivity contribution in [2.75, 3.05) is 10.6 Å². The number of nitrogens with one attached hydrogen (secondary N) is 2. The van der Waals surface area contributed by atoms with Gasteiger partial charge in [0.05, 0.1) is 28.2 Å². The fourth-order valence-electron chi connectivity index (χ4n) is 2.12. The van der Waals surface area contributed by atoms with E-state index in [1.165, 1.54) is 18.3 Å². The summed E-state index contributed by atoms with van der Waals surface area (Å²) in [4.78, 5) is 16.4. The van der Waals surface area contributed by atoms with Gasteiger partial charge in [0.25, 0.3) is 5.91 Å². The Hall–Kier alpha value is -2.92. The first kappa shape index (κ1) is 16.0. The monoisotopic (exact) mass is 341 g/mol. The number of rotatable bonds is 4. The zero-order valence-electron chi connectivity index (χ0n) is 12.5. The van der Waals surface area contributed by atoms with Crippen LogP contribution >= 0.6 is 11.6 Å². The topological polar surface area (TPSA) is 54.0 Å². The van der Waals surface area contributed by atoms with E-state index in [1.807, 2.05) is 0 Å². The highest BCUT2D eigenvalue weighted by atomic mass is 35.5. The standard InChI is InChI=1S/C18H13ClFN3O/c19-16-6-1-2-7-17(16)23-18(24)12-8-15(11-21-10-12)22-14-5-3-4-13(20)9-14/h1-11,22H,(H,23,24). The van der Waals surface area contributed by atoms with Gasteiger partial charge in [0.2, 0.25) is 0 Å². The molecule has 0 saturated heterocycles. The quantitative estimate of drug-likeness (QED) is 0.711. The maximum absolute atomic E-state index is 13.2. The van der Waals surface area contributed by atoms with Crippen LogP contribution in [-0.4, -0.2) is 10.9 Å². The van der Waals surface area contributed by atoms with Gasteiger partial charge < -0.3 is 10.6 Å². The van der Waals surface area contributed by atoms with Crippen molar-refractivity contribution in [3.05, 3.63) is 83.4 Å². The number of carbonyl (C=O) groups is 1. The van der Waals surface area contributed by atoms with Crippen LogP contribution in [0.4, 0.5) is 21.5 Å². The molecule has 1 heterocycles. The summed E-state index contributed by atoms with van der Waals surface area (Å²) < 4.78 is 13.2. The third-order valence-electron chi connectivity index (χ3n) is 3.24.